The number of urea groups is 1. The second-order valence-electron chi connectivity index (χ2n) is 4.23. The van der Waals surface area contributed by atoms with E-state index in [0.717, 1.165) is 18.4 Å². The zero-order valence-corrected chi connectivity index (χ0v) is 11.9. The Morgan fingerprint density at radius 1 is 1.37 bits per heavy atom. The van der Waals surface area contributed by atoms with Crippen LogP contribution in [0.25, 0.3) is 0 Å². The van der Waals surface area contributed by atoms with E-state index in [2.05, 4.69) is 5.32 Å². The number of nitrogens with one attached hydrogen (secondary N) is 2. The highest BCUT2D eigenvalue weighted by Gasteiger charge is 2.17. The maximum atomic E-state index is 11.9. The van der Waals surface area contributed by atoms with E-state index < -0.39 is 16.1 Å². The van der Waals surface area contributed by atoms with E-state index in [9.17, 15) is 13.2 Å². The van der Waals surface area contributed by atoms with Gasteiger partial charge in [0.05, 0.1) is 4.90 Å². The fourth-order valence-electron chi connectivity index (χ4n) is 1.38. The molecule has 0 aliphatic heterocycles. The number of benzene rings is 1. The maximum Gasteiger partial charge on any atom is 0.328 e. The molecule has 4 N–H and O–H groups in total. The molecule has 0 unspecified atom stereocenters. The van der Waals surface area contributed by atoms with E-state index in [1.807, 2.05) is 11.6 Å². The summed E-state index contributed by atoms with van der Waals surface area (Å²) in [6, 6.07) is 3.61. The number of amides is 2. The Balaban J connectivity index is 2.75. The molecule has 106 valence electrons. The molecular weight excluding hydrogens is 266 g/mol. The van der Waals surface area contributed by atoms with Crippen molar-refractivity contribution in [2.75, 3.05) is 12.3 Å². The van der Waals surface area contributed by atoms with Gasteiger partial charge in [-0.25, -0.2) is 17.9 Å². The summed E-state index contributed by atoms with van der Waals surface area (Å²) in [6.07, 6.45) is 1.71. The first-order chi connectivity index (χ1) is 8.86. The van der Waals surface area contributed by atoms with Gasteiger partial charge in [0.1, 0.15) is 0 Å². The number of unbranched alkanes of at least 4 members (excludes halogenated alkanes) is 1. The average Bonchev–Trinajstić information content (AvgIpc) is 2.32. The largest absolute Gasteiger partial charge is 0.398 e. The van der Waals surface area contributed by atoms with Gasteiger partial charge in [-0.2, -0.15) is 0 Å². The van der Waals surface area contributed by atoms with Crippen LogP contribution in [-0.4, -0.2) is 21.0 Å². The van der Waals surface area contributed by atoms with Crippen molar-refractivity contribution >= 4 is 21.7 Å². The Bertz CT molecular complexity index is 555. The van der Waals surface area contributed by atoms with Crippen molar-refractivity contribution in [2.24, 2.45) is 0 Å². The topological polar surface area (TPSA) is 101 Å². The third kappa shape index (κ3) is 4.44. The molecule has 0 fully saturated rings. The third-order valence-electron chi connectivity index (χ3n) is 2.60. The van der Waals surface area contributed by atoms with E-state index in [1.165, 1.54) is 12.1 Å². The van der Waals surface area contributed by atoms with Gasteiger partial charge >= 0.3 is 6.03 Å². The highest BCUT2D eigenvalue weighted by atomic mass is 32.2. The molecule has 0 spiro atoms. The second-order valence-corrected chi connectivity index (χ2v) is 5.92. The number of hydrogen-bond acceptors (Lipinski definition) is 4. The zero-order valence-electron chi connectivity index (χ0n) is 11.1. The van der Waals surface area contributed by atoms with Crippen LogP contribution in [0.4, 0.5) is 10.5 Å². The van der Waals surface area contributed by atoms with Crippen LogP contribution in [0.2, 0.25) is 0 Å². The summed E-state index contributed by atoms with van der Waals surface area (Å²) in [6.45, 7) is 4.19. The predicted octanol–water partition coefficient (Wildman–Crippen LogP) is 1.37. The van der Waals surface area contributed by atoms with Gasteiger partial charge in [-0.05, 0) is 31.0 Å². The summed E-state index contributed by atoms with van der Waals surface area (Å²) >= 11 is 0. The zero-order chi connectivity index (χ0) is 14.5. The average molecular weight is 285 g/mol. The minimum absolute atomic E-state index is 0.0266. The summed E-state index contributed by atoms with van der Waals surface area (Å²) in [5.74, 6) is 0. The Morgan fingerprint density at radius 3 is 2.63 bits per heavy atom. The van der Waals surface area contributed by atoms with Crippen molar-refractivity contribution in [1.82, 2.24) is 10.0 Å². The molecule has 0 aliphatic rings. The Hall–Kier alpha value is -1.76. The molecule has 0 aliphatic carbocycles. The summed E-state index contributed by atoms with van der Waals surface area (Å²) in [5.41, 5.74) is 6.81. The van der Waals surface area contributed by atoms with Crippen LogP contribution in [0.3, 0.4) is 0 Å². The minimum Gasteiger partial charge on any atom is -0.398 e. The number of nitrogen functional groups attached to an aromatic ring is 1. The first-order valence-electron chi connectivity index (χ1n) is 6.03. The van der Waals surface area contributed by atoms with Crippen molar-refractivity contribution in [1.29, 1.82) is 0 Å². The predicted molar refractivity (Wildman–Crippen MR) is 74.2 cm³/mol. The van der Waals surface area contributed by atoms with E-state index in [-0.39, 0.29) is 4.90 Å². The fourth-order valence-corrected chi connectivity index (χ4v) is 2.34. The van der Waals surface area contributed by atoms with Crippen LogP contribution in [-0.2, 0) is 10.0 Å². The Labute approximate surface area is 113 Å². The van der Waals surface area contributed by atoms with Gasteiger partial charge in [0.15, 0.2) is 0 Å². The van der Waals surface area contributed by atoms with Crippen LogP contribution in [0, 0.1) is 6.92 Å². The molecule has 2 amide bonds. The molecule has 0 aromatic heterocycles. The van der Waals surface area contributed by atoms with Crippen LogP contribution in [0.5, 0.6) is 0 Å². The first-order valence-corrected chi connectivity index (χ1v) is 7.52. The van der Waals surface area contributed by atoms with E-state index in [0.29, 0.717) is 12.2 Å². The molecule has 1 aromatic carbocycles. The van der Waals surface area contributed by atoms with Gasteiger partial charge in [0.25, 0.3) is 10.0 Å². The number of nitrogens with two attached hydrogens (primary N) is 1. The van der Waals surface area contributed by atoms with Gasteiger partial charge in [-0.3, -0.25) is 0 Å². The lowest BCUT2D eigenvalue weighted by Crippen LogP contribution is -2.39. The Kier molecular flexibility index (Phi) is 5.17. The molecule has 6 nitrogen and oxygen atoms in total. The lowest BCUT2D eigenvalue weighted by molar-refractivity contribution is 0.245. The molecule has 0 saturated heterocycles. The van der Waals surface area contributed by atoms with Crippen molar-refractivity contribution in [3.63, 3.8) is 0 Å². The van der Waals surface area contributed by atoms with E-state index >= 15 is 0 Å². The van der Waals surface area contributed by atoms with Gasteiger partial charge in [-0.1, -0.05) is 19.4 Å². The van der Waals surface area contributed by atoms with Crippen LogP contribution in [0.15, 0.2) is 23.1 Å². The fraction of sp³-hybridized carbons (Fsp3) is 0.417. The van der Waals surface area contributed by atoms with E-state index in [4.69, 9.17) is 5.73 Å². The summed E-state index contributed by atoms with van der Waals surface area (Å²) in [4.78, 5) is 11.4. The van der Waals surface area contributed by atoms with Crippen LogP contribution >= 0.6 is 0 Å². The van der Waals surface area contributed by atoms with Crippen molar-refractivity contribution in [3.8, 4) is 0 Å². The number of carbonyl (C=O) groups excluding carboxylic acids is 1. The molecule has 1 aromatic rings. The second kappa shape index (κ2) is 6.42. The number of hydrogen-bond donors (Lipinski definition) is 3. The molecule has 0 saturated carbocycles. The molecule has 0 radical (unpaired) electrons. The summed E-state index contributed by atoms with van der Waals surface area (Å²) < 4.78 is 25.8. The van der Waals surface area contributed by atoms with Gasteiger partial charge in [0.2, 0.25) is 0 Å². The third-order valence-corrected chi connectivity index (χ3v) is 3.93. The lowest BCUT2D eigenvalue weighted by Gasteiger charge is -2.09. The van der Waals surface area contributed by atoms with Crippen molar-refractivity contribution in [2.45, 2.75) is 31.6 Å². The Morgan fingerprint density at radius 2 is 2.05 bits per heavy atom. The number of sulfonamides is 1. The van der Waals surface area contributed by atoms with Gasteiger partial charge in [0, 0.05) is 12.2 Å². The smallest absolute Gasteiger partial charge is 0.328 e. The number of anilines is 1. The number of carbonyl (C=O) groups is 1. The SMILES string of the molecule is CCCCNC(=O)NS(=O)(=O)c1ccc(C)c(N)c1. The molecule has 7 heteroatoms. The quantitative estimate of drug-likeness (QED) is 0.561. The lowest BCUT2D eigenvalue weighted by atomic mass is 10.2. The molecule has 0 bridgehead atoms. The molecule has 0 atom stereocenters. The monoisotopic (exact) mass is 285 g/mol. The van der Waals surface area contributed by atoms with Crippen molar-refractivity contribution in [3.05, 3.63) is 23.8 Å². The molecular formula is C12H19N3O3S. The highest BCUT2D eigenvalue weighted by molar-refractivity contribution is 7.90. The van der Waals surface area contributed by atoms with Crippen molar-refractivity contribution < 1.29 is 13.2 Å². The minimum atomic E-state index is -3.88. The molecule has 0 heterocycles. The normalized spacial score (nSPS) is 11.1. The standard InChI is InChI=1S/C12H19N3O3S/c1-3-4-7-14-12(16)15-19(17,18)10-6-5-9(2)11(13)8-10/h5-6,8H,3-4,7,13H2,1-2H3,(H2,14,15,16). The van der Waals surface area contributed by atoms with E-state index in [1.54, 1.807) is 13.0 Å². The van der Waals surface area contributed by atoms with Crippen LogP contribution in [0.1, 0.15) is 25.3 Å². The molecule has 1 rings (SSSR count). The molecule has 19 heavy (non-hydrogen) atoms. The van der Waals surface area contributed by atoms with Gasteiger partial charge in [-0.15, -0.1) is 0 Å². The first kappa shape index (κ1) is 15.3. The maximum absolute atomic E-state index is 11.9. The summed E-state index contributed by atoms with van der Waals surface area (Å²) in [5, 5.41) is 2.47. The highest BCUT2D eigenvalue weighted by Crippen LogP contribution is 2.16. The van der Waals surface area contributed by atoms with Crippen LogP contribution < -0.4 is 15.8 Å². The summed E-state index contributed by atoms with van der Waals surface area (Å²) in [7, 11) is -3.88. The van der Waals surface area contributed by atoms with Gasteiger partial charge < -0.3 is 11.1 Å². The number of rotatable bonds is 5. The number of aryl methyl sites for hydroxylation is 1.